The van der Waals surface area contributed by atoms with Crippen molar-refractivity contribution < 1.29 is 27.5 Å². The van der Waals surface area contributed by atoms with Crippen LogP contribution in [0.2, 0.25) is 0 Å². The van der Waals surface area contributed by atoms with E-state index in [0.29, 0.717) is 23.7 Å². The van der Waals surface area contributed by atoms with Crippen LogP contribution in [0, 0.1) is 0 Å². The lowest BCUT2D eigenvalue weighted by Crippen LogP contribution is -2.27. The number of benzene rings is 2. The quantitative estimate of drug-likeness (QED) is 0.373. The topological polar surface area (TPSA) is 110 Å². The molecule has 8 nitrogen and oxygen atoms in total. The maximum Gasteiger partial charge on any atom is 0.338 e. The number of carbonyl (C=O) groups excluding carboxylic acids is 3. The molecule has 0 saturated carbocycles. The lowest BCUT2D eigenvalue weighted by atomic mass is 10.1. The van der Waals surface area contributed by atoms with Crippen LogP contribution >= 0.6 is 11.3 Å². The van der Waals surface area contributed by atoms with E-state index in [1.54, 1.807) is 29.6 Å². The third kappa shape index (κ3) is 5.41. The Labute approximate surface area is 201 Å². The molecule has 1 amide bonds. The molecule has 0 unspecified atom stereocenters. The predicted molar refractivity (Wildman–Crippen MR) is 128 cm³/mol. The third-order valence-electron chi connectivity index (χ3n) is 5.31. The molecule has 1 saturated heterocycles. The monoisotopic (exact) mass is 498 g/mol. The van der Waals surface area contributed by atoms with E-state index in [1.807, 2.05) is 0 Å². The minimum Gasteiger partial charge on any atom is -0.454 e. The van der Waals surface area contributed by atoms with Crippen LogP contribution in [-0.4, -0.2) is 50.1 Å². The zero-order valence-corrected chi connectivity index (χ0v) is 19.7. The Morgan fingerprint density at radius 2 is 1.68 bits per heavy atom. The molecule has 0 radical (unpaired) electrons. The van der Waals surface area contributed by atoms with Gasteiger partial charge in [-0.1, -0.05) is 12.1 Å². The first kappa shape index (κ1) is 23.8. The molecule has 1 aliphatic heterocycles. The van der Waals surface area contributed by atoms with Crippen molar-refractivity contribution in [2.45, 2.75) is 17.7 Å². The predicted octanol–water partition coefficient (Wildman–Crippen LogP) is 3.82. The number of ether oxygens (including phenoxy) is 1. The number of rotatable bonds is 8. The summed E-state index contributed by atoms with van der Waals surface area (Å²) in [5, 5.41) is 4.50. The molecule has 1 aromatic heterocycles. The summed E-state index contributed by atoms with van der Waals surface area (Å²) in [7, 11) is -3.56. The standard InChI is InChI=1S/C24H22N2O6S2/c27-21(17-8-10-20(11-9-17)34(30,31)26-12-1-2-13-26)16-32-24(29)18-5-3-6-19(15-18)25-23(28)22-7-4-14-33-22/h3-11,14-15H,1-2,12-13,16H2,(H,25,28). The van der Waals surface area contributed by atoms with Crippen LogP contribution in [-0.2, 0) is 14.8 Å². The number of ketones is 1. The fraction of sp³-hybridized carbons (Fsp3) is 0.208. The molecule has 1 fully saturated rings. The molecule has 2 heterocycles. The molecule has 176 valence electrons. The second-order valence-corrected chi connectivity index (χ2v) is 10.5. The number of nitrogens with one attached hydrogen (secondary N) is 1. The van der Waals surface area contributed by atoms with E-state index in [2.05, 4.69) is 5.32 Å². The number of esters is 1. The van der Waals surface area contributed by atoms with Gasteiger partial charge in [0.2, 0.25) is 10.0 Å². The second kappa shape index (κ2) is 10.3. The zero-order valence-electron chi connectivity index (χ0n) is 18.1. The van der Waals surface area contributed by atoms with E-state index in [0.717, 1.165) is 12.8 Å². The molecule has 0 spiro atoms. The van der Waals surface area contributed by atoms with E-state index in [4.69, 9.17) is 4.74 Å². The lowest BCUT2D eigenvalue weighted by Gasteiger charge is -2.15. The largest absolute Gasteiger partial charge is 0.454 e. The summed E-state index contributed by atoms with van der Waals surface area (Å²) in [6.07, 6.45) is 1.68. The van der Waals surface area contributed by atoms with E-state index in [-0.39, 0.29) is 21.9 Å². The first-order chi connectivity index (χ1) is 16.3. The van der Waals surface area contributed by atoms with Crippen molar-refractivity contribution in [1.29, 1.82) is 0 Å². The number of sulfonamides is 1. The van der Waals surface area contributed by atoms with Crippen molar-refractivity contribution in [3.63, 3.8) is 0 Å². The number of nitrogens with zero attached hydrogens (tertiary/aromatic N) is 1. The van der Waals surface area contributed by atoms with Gasteiger partial charge in [0.25, 0.3) is 5.91 Å². The summed E-state index contributed by atoms with van der Waals surface area (Å²) in [6.45, 7) is 0.499. The van der Waals surface area contributed by atoms with Crippen molar-refractivity contribution in [1.82, 2.24) is 4.31 Å². The zero-order chi connectivity index (χ0) is 24.1. The highest BCUT2D eigenvalue weighted by Gasteiger charge is 2.27. The van der Waals surface area contributed by atoms with Gasteiger partial charge in [0.15, 0.2) is 12.4 Å². The highest BCUT2D eigenvalue weighted by molar-refractivity contribution is 7.89. The average Bonchev–Trinajstić information content (AvgIpc) is 3.57. The summed E-state index contributed by atoms with van der Waals surface area (Å²) < 4.78 is 31.8. The van der Waals surface area contributed by atoms with Crippen LogP contribution < -0.4 is 5.32 Å². The number of Topliss-reactive ketones (excluding diaryl/α,β-unsaturated/α-hetero) is 1. The summed E-state index contributed by atoms with van der Waals surface area (Å²) in [5.74, 6) is -1.46. The average molecular weight is 499 g/mol. The Bertz CT molecular complexity index is 1300. The minimum atomic E-state index is -3.56. The van der Waals surface area contributed by atoms with Gasteiger partial charge in [0.05, 0.1) is 15.3 Å². The van der Waals surface area contributed by atoms with Gasteiger partial charge in [-0.15, -0.1) is 11.3 Å². The van der Waals surface area contributed by atoms with Crippen molar-refractivity contribution in [3.8, 4) is 0 Å². The maximum atomic E-state index is 12.6. The normalized spacial score (nSPS) is 14.0. The molecule has 2 aromatic carbocycles. The Kier molecular flexibility index (Phi) is 7.20. The van der Waals surface area contributed by atoms with Gasteiger partial charge >= 0.3 is 5.97 Å². The van der Waals surface area contributed by atoms with Gasteiger partial charge < -0.3 is 10.1 Å². The molecule has 1 aliphatic rings. The molecular weight excluding hydrogens is 476 g/mol. The van der Waals surface area contributed by atoms with Crippen LogP contribution in [0.3, 0.4) is 0 Å². The number of amides is 1. The van der Waals surface area contributed by atoms with Gasteiger partial charge in [-0.25, -0.2) is 13.2 Å². The number of hydrogen-bond donors (Lipinski definition) is 1. The minimum absolute atomic E-state index is 0.129. The van der Waals surface area contributed by atoms with E-state index >= 15 is 0 Å². The summed E-state index contributed by atoms with van der Waals surface area (Å²) in [6, 6.07) is 15.3. The Balaban J connectivity index is 1.35. The van der Waals surface area contributed by atoms with Gasteiger partial charge in [-0.2, -0.15) is 4.31 Å². The fourth-order valence-corrected chi connectivity index (χ4v) is 5.65. The van der Waals surface area contributed by atoms with Crippen molar-refractivity contribution in [3.05, 3.63) is 82.0 Å². The molecule has 3 aromatic rings. The summed E-state index contributed by atoms with van der Waals surface area (Å²) >= 11 is 1.30. The Morgan fingerprint density at radius 3 is 2.35 bits per heavy atom. The molecule has 34 heavy (non-hydrogen) atoms. The molecule has 4 rings (SSSR count). The van der Waals surface area contributed by atoms with Gasteiger partial charge in [0, 0.05) is 24.3 Å². The highest BCUT2D eigenvalue weighted by atomic mass is 32.2. The van der Waals surface area contributed by atoms with E-state index in [9.17, 15) is 22.8 Å². The lowest BCUT2D eigenvalue weighted by molar-refractivity contribution is 0.0474. The summed E-state index contributed by atoms with van der Waals surface area (Å²) in [4.78, 5) is 37.7. The third-order valence-corrected chi connectivity index (χ3v) is 8.10. The molecule has 1 N–H and O–H groups in total. The molecular formula is C24H22N2O6S2. The first-order valence-corrected chi connectivity index (χ1v) is 12.9. The SMILES string of the molecule is O=C(COC(=O)c1cccc(NC(=O)c2cccs2)c1)c1ccc(S(=O)(=O)N2CCCC2)cc1. The van der Waals surface area contributed by atoms with Crippen molar-refractivity contribution in [2.24, 2.45) is 0 Å². The van der Waals surface area contributed by atoms with Crippen LogP contribution in [0.1, 0.15) is 43.2 Å². The van der Waals surface area contributed by atoms with Crippen molar-refractivity contribution >= 4 is 44.7 Å². The maximum absolute atomic E-state index is 12.6. The van der Waals surface area contributed by atoms with Crippen LogP contribution in [0.25, 0.3) is 0 Å². The summed E-state index contributed by atoms with van der Waals surface area (Å²) in [5.41, 5.74) is 0.850. The highest BCUT2D eigenvalue weighted by Crippen LogP contribution is 2.21. The molecule has 10 heteroatoms. The number of hydrogen-bond acceptors (Lipinski definition) is 7. The van der Waals surface area contributed by atoms with Crippen molar-refractivity contribution in [2.75, 3.05) is 25.0 Å². The van der Waals surface area contributed by atoms with E-state index in [1.165, 1.54) is 52.0 Å². The molecule has 0 bridgehead atoms. The number of anilines is 1. The van der Waals surface area contributed by atoms with Gasteiger partial charge in [-0.3, -0.25) is 9.59 Å². The Morgan fingerprint density at radius 1 is 0.941 bits per heavy atom. The first-order valence-electron chi connectivity index (χ1n) is 10.6. The van der Waals surface area contributed by atoms with Gasteiger partial charge in [0.1, 0.15) is 0 Å². The van der Waals surface area contributed by atoms with Crippen LogP contribution in [0.15, 0.2) is 70.9 Å². The molecule has 0 aliphatic carbocycles. The van der Waals surface area contributed by atoms with Gasteiger partial charge in [-0.05, 0) is 66.8 Å². The number of thiophene rings is 1. The number of carbonyl (C=O) groups is 3. The molecule has 0 atom stereocenters. The fourth-order valence-electron chi connectivity index (χ4n) is 3.51. The second-order valence-electron chi connectivity index (χ2n) is 7.65. The van der Waals surface area contributed by atoms with Crippen LogP contribution in [0.5, 0.6) is 0 Å². The Hall–Kier alpha value is -3.34. The smallest absolute Gasteiger partial charge is 0.338 e. The van der Waals surface area contributed by atoms with E-state index < -0.39 is 28.4 Å². The van der Waals surface area contributed by atoms with Crippen LogP contribution in [0.4, 0.5) is 5.69 Å².